The van der Waals surface area contributed by atoms with Gasteiger partial charge in [0, 0.05) is 9.32 Å². The second-order valence-electron chi connectivity index (χ2n) is 4.26. The molecule has 1 aliphatic rings. The Morgan fingerprint density at radius 2 is 1.95 bits per heavy atom. The Labute approximate surface area is 131 Å². The van der Waals surface area contributed by atoms with Gasteiger partial charge in [-0.3, -0.25) is 4.79 Å². The van der Waals surface area contributed by atoms with Crippen molar-refractivity contribution in [2.24, 2.45) is 0 Å². The van der Waals surface area contributed by atoms with E-state index in [4.69, 9.17) is 0 Å². The molecule has 0 atom stereocenters. The first-order valence-electron chi connectivity index (χ1n) is 5.76. The van der Waals surface area contributed by atoms with Crippen LogP contribution in [-0.2, 0) is 19.9 Å². The van der Waals surface area contributed by atoms with Gasteiger partial charge in [0.2, 0.25) is 0 Å². The Balaban J connectivity index is 2.37. The Kier molecular flexibility index (Phi) is 4.13. The van der Waals surface area contributed by atoms with Crippen molar-refractivity contribution in [2.45, 2.75) is 11.8 Å². The number of halogens is 1. The van der Waals surface area contributed by atoms with Gasteiger partial charge in [-0.15, -0.1) is 0 Å². The summed E-state index contributed by atoms with van der Waals surface area (Å²) in [4.78, 5) is 12.1. The summed E-state index contributed by atoms with van der Waals surface area (Å²) >= 11 is 1.98. The number of benzene rings is 1. The van der Waals surface area contributed by atoms with Gasteiger partial charge in [0.25, 0.3) is 15.9 Å². The first-order valence-corrected chi connectivity index (χ1v) is 10.1. The van der Waals surface area contributed by atoms with Crippen molar-refractivity contribution in [1.82, 2.24) is 4.31 Å². The summed E-state index contributed by atoms with van der Waals surface area (Å²) in [5, 5.41) is 0. The molecule has 1 amide bonds. The highest BCUT2D eigenvalue weighted by molar-refractivity contribution is 14.1. The first-order chi connectivity index (χ1) is 9.19. The SMILES string of the molecule is CCS(=O)(=O)CCN1C(=O)c2cc(I)ccc2S1(=O)=O. The Morgan fingerprint density at radius 1 is 1.30 bits per heavy atom. The zero-order valence-corrected chi connectivity index (χ0v) is 14.3. The molecule has 0 unspecified atom stereocenters. The quantitative estimate of drug-likeness (QED) is 0.663. The number of fused-ring (bicyclic) bond motifs is 1. The fourth-order valence-electron chi connectivity index (χ4n) is 1.84. The van der Waals surface area contributed by atoms with Crippen molar-refractivity contribution in [3.8, 4) is 0 Å². The average Bonchev–Trinajstić information content (AvgIpc) is 2.55. The lowest BCUT2D eigenvalue weighted by molar-refractivity contribution is 0.0876. The third-order valence-electron chi connectivity index (χ3n) is 3.01. The molecule has 0 aliphatic carbocycles. The van der Waals surface area contributed by atoms with Gasteiger partial charge in [-0.2, -0.15) is 0 Å². The molecule has 0 aromatic heterocycles. The third kappa shape index (κ3) is 2.70. The van der Waals surface area contributed by atoms with Crippen molar-refractivity contribution in [3.63, 3.8) is 0 Å². The van der Waals surface area contributed by atoms with Crippen LogP contribution in [-0.4, -0.2) is 45.1 Å². The van der Waals surface area contributed by atoms with Crippen LogP contribution in [0.3, 0.4) is 0 Å². The zero-order chi connectivity index (χ0) is 15.1. The van der Waals surface area contributed by atoms with Crippen LogP contribution in [0.5, 0.6) is 0 Å². The van der Waals surface area contributed by atoms with Crippen molar-refractivity contribution in [1.29, 1.82) is 0 Å². The highest BCUT2D eigenvalue weighted by atomic mass is 127. The number of hydrogen-bond donors (Lipinski definition) is 0. The number of sulfone groups is 1. The fraction of sp³-hybridized carbons (Fsp3) is 0.364. The normalized spacial score (nSPS) is 17.3. The van der Waals surface area contributed by atoms with E-state index in [1.54, 1.807) is 6.07 Å². The molecule has 2 rings (SSSR count). The summed E-state index contributed by atoms with van der Waals surface area (Å²) < 4.78 is 48.8. The second-order valence-corrected chi connectivity index (χ2v) is 9.81. The van der Waals surface area contributed by atoms with Crippen LogP contribution in [0.1, 0.15) is 17.3 Å². The highest BCUT2D eigenvalue weighted by Gasteiger charge is 2.41. The van der Waals surface area contributed by atoms with Crippen molar-refractivity contribution in [2.75, 3.05) is 18.1 Å². The maximum absolute atomic E-state index is 12.2. The Hall–Kier alpha value is -0.680. The van der Waals surface area contributed by atoms with Crippen LogP contribution in [0.15, 0.2) is 23.1 Å². The molecule has 20 heavy (non-hydrogen) atoms. The van der Waals surface area contributed by atoms with E-state index in [0.717, 1.165) is 3.57 Å². The van der Waals surface area contributed by atoms with E-state index in [-0.39, 0.29) is 28.5 Å². The monoisotopic (exact) mass is 429 g/mol. The van der Waals surface area contributed by atoms with Gasteiger partial charge in [0.1, 0.15) is 4.90 Å². The lowest BCUT2D eigenvalue weighted by Crippen LogP contribution is -2.34. The van der Waals surface area contributed by atoms with E-state index >= 15 is 0 Å². The van der Waals surface area contributed by atoms with Gasteiger partial charge >= 0.3 is 0 Å². The minimum absolute atomic E-state index is 0.0585. The predicted molar refractivity (Wildman–Crippen MR) is 81.7 cm³/mol. The van der Waals surface area contributed by atoms with Crippen LogP contribution in [0.4, 0.5) is 0 Å². The second kappa shape index (κ2) is 5.26. The molecule has 0 fully saturated rings. The van der Waals surface area contributed by atoms with Gasteiger partial charge in [-0.1, -0.05) is 6.92 Å². The van der Waals surface area contributed by atoms with Crippen LogP contribution in [0.2, 0.25) is 0 Å². The number of carbonyl (C=O) groups excluding carboxylic acids is 1. The summed E-state index contributed by atoms with van der Waals surface area (Å²) in [6, 6.07) is 4.46. The van der Waals surface area contributed by atoms with Crippen molar-refractivity contribution < 1.29 is 21.6 Å². The van der Waals surface area contributed by atoms with E-state index in [1.807, 2.05) is 22.6 Å². The van der Waals surface area contributed by atoms with E-state index in [1.165, 1.54) is 19.1 Å². The number of rotatable bonds is 4. The lowest BCUT2D eigenvalue weighted by Gasteiger charge is -2.14. The smallest absolute Gasteiger partial charge is 0.268 e. The highest BCUT2D eigenvalue weighted by Crippen LogP contribution is 2.31. The standard InChI is InChI=1S/C11H12INO5S2/c1-2-19(15,16)6-5-13-11(14)9-7-8(12)3-4-10(9)20(13,17)18/h3-4,7H,2,5-6H2,1H3. The minimum atomic E-state index is -3.93. The van der Waals surface area contributed by atoms with Crippen LogP contribution < -0.4 is 0 Å². The van der Waals surface area contributed by atoms with E-state index in [9.17, 15) is 21.6 Å². The molecular formula is C11H12INO5S2. The predicted octanol–water partition coefficient (Wildman–Crippen LogP) is 0.870. The van der Waals surface area contributed by atoms with Gasteiger partial charge in [0.15, 0.2) is 9.84 Å². The van der Waals surface area contributed by atoms with E-state index in [2.05, 4.69) is 0 Å². The summed E-state index contributed by atoms with van der Waals surface area (Å²) in [7, 11) is -7.26. The molecule has 0 saturated carbocycles. The summed E-state index contributed by atoms with van der Waals surface area (Å²) in [6.45, 7) is 1.13. The lowest BCUT2D eigenvalue weighted by atomic mass is 10.2. The first kappa shape index (κ1) is 15.7. The molecule has 0 saturated heterocycles. The van der Waals surface area contributed by atoms with Gasteiger partial charge in [-0.25, -0.2) is 21.1 Å². The number of hydrogen-bond acceptors (Lipinski definition) is 5. The van der Waals surface area contributed by atoms with Gasteiger partial charge in [-0.05, 0) is 40.8 Å². The number of sulfonamides is 1. The molecule has 9 heteroatoms. The maximum Gasteiger partial charge on any atom is 0.269 e. The molecule has 6 nitrogen and oxygen atoms in total. The molecule has 110 valence electrons. The maximum atomic E-state index is 12.2. The zero-order valence-electron chi connectivity index (χ0n) is 10.5. The fourth-order valence-corrected chi connectivity index (χ4v) is 4.75. The molecule has 1 aromatic rings. The van der Waals surface area contributed by atoms with Gasteiger partial charge < -0.3 is 0 Å². The topological polar surface area (TPSA) is 88.6 Å². The average molecular weight is 429 g/mol. The molecule has 0 radical (unpaired) electrons. The summed E-state index contributed by atoms with van der Waals surface area (Å²) in [5.74, 6) is -1.11. The van der Waals surface area contributed by atoms with Crippen LogP contribution >= 0.6 is 22.6 Å². The molecule has 0 spiro atoms. The summed E-state index contributed by atoms with van der Waals surface area (Å²) in [5.41, 5.74) is 0.103. The Morgan fingerprint density at radius 3 is 2.55 bits per heavy atom. The van der Waals surface area contributed by atoms with E-state index < -0.39 is 25.8 Å². The summed E-state index contributed by atoms with van der Waals surface area (Å²) in [6.07, 6.45) is 0. The largest absolute Gasteiger partial charge is 0.269 e. The Bertz CT molecular complexity index is 770. The van der Waals surface area contributed by atoms with Crippen molar-refractivity contribution in [3.05, 3.63) is 27.3 Å². The van der Waals surface area contributed by atoms with Crippen LogP contribution in [0.25, 0.3) is 0 Å². The number of nitrogens with zero attached hydrogens (tertiary/aromatic N) is 1. The van der Waals surface area contributed by atoms with E-state index in [0.29, 0.717) is 4.31 Å². The molecule has 1 aromatic carbocycles. The molecule has 0 N–H and O–H groups in total. The molecular weight excluding hydrogens is 417 g/mol. The third-order valence-corrected chi connectivity index (χ3v) is 7.21. The van der Waals surface area contributed by atoms with Crippen molar-refractivity contribution >= 4 is 48.4 Å². The molecule has 0 bridgehead atoms. The van der Waals surface area contributed by atoms with Gasteiger partial charge in [0.05, 0.1) is 17.9 Å². The number of carbonyl (C=O) groups is 1. The minimum Gasteiger partial charge on any atom is -0.268 e. The van der Waals surface area contributed by atoms with Crippen LogP contribution in [0, 0.1) is 3.57 Å². The number of amides is 1. The molecule has 1 heterocycles. The molecule has 1 aliphatic heterocycles.